The molecule has 2 aliphatic heterocycles. The summed E-state index contributed by atoms with van der Waals surface area (Å²) in [6.45, 7) is 5.30. The lowest BCUT2D eigenvalue weighted by atomic mass is 10.2. The highest BCUT2D eigenvalue weighted by Gasteiger charge is 2.30. The Kier molecular flexibility index (Phi) is 6.10. The number of aromatic nitrogens is 6. The van der Waals surface area contributed by atoms with E-state index in [1.54, 1.807) is 6.33 Å². The van der Waals surface area contributed by atoms with Crippen LogP contribution in [0.1, 0.15) is 0 Å². The van der Waals surface area contributed by atoms with Gasteiger partial charge in [-0.3, -0.25) is 0 Å². The van der Waals surface area contributed by atoms with Gasteiger partial charge in [-0.05, 0) is 30.5 Å². The normalized spacial score (nSPS) is 18.4. The first-order valence-corrected chi connectivity index (χ1v) is 12.4. The number of likely N-dealkylation sites (N-methyl/N-ethyl adjacent to an activating group) is 1. The molecule has 0 unspecified atom stereocenters. The summed E-state index contributed by atoms with van der Waals surface area (Å²) in [5, 5.41) is 13.2. The number of benzene rings is 1. The van der Waals surface area contributed by atoms with Gasteiger partial charge in [0.25, 0.3) is 0 Å². The number of hydrogen-bond acceptors (Lipinski definition) is 10. The number of aromatic amines is 1. The molecular formula is C20H25FN10O2S. The van der Waals surface area contributed by atoms with Crippen LogP contribution >= 0.6 is 0 Å². The molecule has 180 valence electrons. The van der Waals surface area contributed by atoms with Crippen LogP contribution in [-0.4, -0.2) is 108 Å². The molecule has 4 heterocycles. The predicted octanol–water partition coefficient (Wildman–Crippen LogP) is 0.0585. The number of tetrazole rings is 1. The molecular weight excluding hydrogens is 463 g/mol. The van der Waals surface area contributed by atoms with E-state index in [4.69, 9.17) is 0 Å². The Morgan fingerprint density at radius 2 is 1.56 bits per heavy atom. The third-order valence-electron chi connectivity index (χ3n) is 6.19. The van der Waals surface area contributed by atoms with Crippen molar-refractivity contribution in [2.24, 2.45) is 0 Å². The molecule has 2 aromatic heterocycles. The molecule has 0 bridgehead atoms. The highest BCUT2D eigenvalue weighted by atomic mass is 32.2. The Morgan fingerprint density at radius 1 is 0.912 bits per heavy atom. The zero-order valence-electron chi connectivity index (χ0n) is 18.7. The second kappa shape index (κ2) is 9.19. The zero-order valence-corrected chi connectivity index (χ0v) is 19.5. The number of nitrogens with one attached hydrogen (secondary N) is 1. The van der Waals surface area contributed by atoms with Gasteiger partial charge in [0.05, 0.1) is 10.5 Å². The first kappa shape index (κ1) is 22.6. The summed E-state index contributed by atoms with van der Waals surface area (Å²) in [6.07, 6.45) is 1.56. The van der Waals surface area contributed by atoms with E-state index in [0.717, 1.165) is 43.9 Å². The molecule has 12 nitrogen and oxygen atoms in total. The number of sulfonamides is 1. The lowest BCUT2D eigenvalue weighted by molar-refractivity contribution is 0.312. The van der Waals surface area contributed by atoms with Gasteiger partial charge in [-0.1, -0.05) is 0 Å². The standard InChI is InChI=1S/C20H25FN10O2S/c1-28-4-6-29(7-5-28)18-13-19(23-14-22-18)30-8-10-31(11-9-30)34(32,33)15-2-3-17(21)16(12-15)20-24-26-27-25-20/h2-3,12-14H,4-11H2,1H3,(H,24,25,26,27). The van der Waals surface area contributed by atoms with Gasteiger partial charge in [0, 0.05) is 58.4 Å². The summed E-state index contributed by atoms with van der Waals surface area (Å²) >= 11 is 0. The number of rotatable bonds is 5. The van der Waals surface area contributed by atoms with Crippen LogP contribution in [0.2, 0.25) is 0 Å². The van der Waals surface area contributed by atoms with Crippen molar-refractivity contribution in [1.82, 2.24) is 39.8 Å². The highest BCUT2D eigenvalue weighted by molar-refractivity contribution is 7.89. The van der Waals surface area contributed by atoms with E-state index in [0.29, 0.717) is 13.1 Å². The molecule has 14 heteroatoms. The fourth-order valence-electron chi connectivity index (χ4n) is 4.14. The van der Waals surface area contributed by atoms with Crippen LogP contribution in [0.15, 0.2) is 35.5 Å². The van der Waals surface area contributed by atoms with Crippen molar-refractivity contribution in [1.29, 1.82) is 0 Å². The van der Waals surface area contributed by atoms with Crippen molar-refractivity contribution >= 4 is 21.7 Å². The van der Waals surface area contributed by atoms with Gasteiger partial charge >= 0.3 is 0 Å². The first-order valence-electron chi connectivity index (χ1n) is 11.0. The minimum Gasteiger partial charge on any atom is -0.354 e. The van der Waals surface area contributed by atoms with Crippen molar-refractivity contribution in [3.63, 3.8) is 0 Å². The van der Waals surface area contributed by atoms with E-state index in [9.17, 15) is 12.8 Å². The average Bonchev–Trinajstić information content (AvgIpc) is 3.40. The summed E-state index contributed by atoms with van der Waals surface area (Å²) in [6, 6.07) is 5.57. The number of piperazine rings is 2. The van der Waals surface area contributed by atoms with Gasteiger partial charge < -0.3 is 14.7 Å². The van der Waals surface area contributed by atoms with Gasteiger partial charge in [-0.2, -0.15) is 9.52 Å². The first-order chi connectivity index (χ1) is 16.4. The van der Waals surface area contributed by atoms with E-state index in [1.165, 1.54) is 16.4 Å². The van der Waals surface area contributed by atoms with Crippen LogP contribution in [0.5, 0.6) is 0 Å². The van der Waals surface area contributed by atoms with E-state index < -0.39 is 15.8 Å². The zero-order chi connectivity index (χ0) is 23.7. The van der Waals surface area contributed by atoms with E-state index in [1.807, 2.05) is 6.07 Å². The Hall–Kier alpha value is -3.23. The van der Waals surface area contributed by atoms with E-state index in [-0.39, 0.29) is 29.4 Å². The number of hydrogen-bond donors (Lipinski definition) is 1. The van der Waals surface area contributed by atoms with Gasteiger partial charge in [-0.15, -0.1) is 10.2 Å². The van der Waals surface area contributed by atoms with Crippen molar-refractivity contribution in [3.8, 4) is 11.4 Å². The van der Waals surface area contributed by atoms with Crippen molar-refractivity contribution in [3.05, 3.63) is 36.4 Å². The topological polar surface area (TPSA) is 127 Å². The number of anilines is 2. The van der Waals surface area contributed by atoms with Gasteiger partial charge in [-0.25, -0.2) is 22.8 Å². The molecule has 2 fully saturated rings. The van der Waals surface area contributed by atoms with Crippen LogP contribution in [0.4, 0.5) is 16.0 Å². The molecule has 0 radical (unpaired) electrons. The summed E-state index contributed by atoms with van der Waals surface area (Å²) in [5.74, 6) is 1.04. The molecule has 1 aromatic carbocycles. The van der Waals surface area contributed by atoms with E-state index >= 15 is 0 Å². The Morgan fingerprint density at radius 3 is 2.18 bits per heavy atom. The van der Waals surface area contributed by atoms with Gasteiger partial charge in [0.2, 0.25) is 15.8 Å². The molecule has 0 saturated carbocycles. The highest BCUT2D eigenvalue weighted by Crippen LogP contribution is 2.26. The lowest BCUT2D eigenvalue weighted by Gasteiger charge is -2.36. The van der Waals surface area contributed by atoms with Crippen molar-refractivity contribution < 1.29 is 12.8 Å². The quantitative estimate of drug-likeness (QED) is 0.527. The maximum absolute atomic E-state index is 14.2. The number of nitrogens with zero attached hydrogens (tertiary/aromatic N) is 9. The smallest absolute Gasteiger partial charge is 0.243 e. The van der Waals surface area contributed by atoms with Crippen LogP contribution < -0.4 is 9.80 Å². The van der Waals surface area contributed by atoms with Crippen molar-refractivity contribution in [2.75, 3.05) is 69.2 Å². The molecule has 3 aromatic rings. The van der Waals surface area contributed by atoms with Crippen LogP contribution in [0, 0.1) is 5.82 Å². The van der Waals surface area contributed by atoms with Crippen LogP contribution in [0.25, 0.3) is 11.4 Å². The third-order valence-corrected chi connectivity index (χ3v) is 8.08. The summed E-state index contributed by atoms with van der Waals surface area (Å²) in [5.41, 5.74) is -0.0223. The maximum atomic E-state index is 14.2. The van der Waals surface area contributed by atoms with Gasteiger partial charge in [0.15, 0.2) is 0 Å². The monoisotopic (exact) mass is 488 g/mol. The summed E-state index contributed by atoms with van der Waals surface area (Å²) in [4.78, 5) is 15.4. The van der Waals surface area contributed by atoms with E-state index in [2.05, 4.69) is 52.3 Å². The molecule has 2 saturated heterocycles. The maximum Gasteiger partial charge on any atom is 0.243 e. The average molecular weight is 489 g/mol. The van der Waals surface area contributed by atoms with Crippen molar-refractivity contribution in [2.45, 2.75) is 4.90 Å². The predicted molar refractivity (Wildman–Crippen MR) is 122 cm³/mol. The minimum absolute atomic E-state index is 0.000662. The number of halogens is 1. The van der Waals surface area contributed by atoms with Gasteiger partial charge in [0.1, 0.15) is 23.8 Å². The second-order valence-corrected chi connectivity index (χ2v) is 10.2. The molecule has 5 rings (SSSR count). The molecule has 0 aliphatic carbocycles. The molecule has 0 atom stereocenters. The molecule has 0 amide bonds. The molecule has 34 heavy (non-hydrogen) atoms. The molecule has 1 N–H and O–H groups in total. The summed E-state index contributed by atoms with van der Waals surface area (Å²) < 4.78 is 42.1. The Bertz CT molecular complexity index is 1240. The SMILES string of the molecule is CN1CCN(c2cc(N3CCN(S(=O)(=O)c4ccc(F)c(-c5nn[nH]n5)c4)CC3)ncn2)CC1. The second-order valence-electron chi connectivity index (χ2n) is 8.29. The summed E-state index contributed by atoms with van der Waals surface area (Å²) in [7, 11) is -1.71. The largest absolute Gasteiger partial charge is 0.354 e. The lowest BCUT2D eigenvalue weighted by Crippen LogP contribution is -2.49. The number of H-pyrrole nitrogens is 1. The third kappa shape index (κ3) is 4.43. The fraction of sp³-hybridized carbons (Fsp3) is 0.450. The fourth-order valence-corrected chi connectivity index (χ4v) is 5.59. The molecule has 2 aliphatic rings. The Labute approximate surface area is 196 Å². The Balaban J connectivity index is 1.28. The molecule has 0 spiro atoms. The minimum atomic E-state index is -3.82. The van der Waals surface area contributed by atoms with Crippen LogP contribution in [-0.2, 0) is 10.0 Å². The van der Waals surface area contributed by atoms with Crippen LogP contribution in [0.3, 0.4) is 0 Å².